The van der Waals surface area contributed by atoms with Crippen molar-refractivity contribution >= 4 is 22.6 Å². The second-order valence-corrected chi connectivity index (χ2v) is 5.80. The lowest BCUT2D eigenvalue weighted by atomic mass is 10.1. The highest BCUT2D eigenvalue weighted by Crippen LogP contribution is 2.22. The van der Waals surface area contributed by atoms with Crippen molar-refractivity contribution in [3.8, 4) is 5.75 Å². The van der Waals surface area contributed by atoms with Gasteiger partial charge in [0.05, 0.1) is 5.39 Å². The molecule has 0 saturated heterocycles. The van der Waals surface area contributed by atoms with E-state index in [1.54, 1.807) is 24.3 Å². The molecule has 29 heavy (non-hydrogen) atoms. The van der Waals surface area contributed by atoms with E-state index in [0.717, 1.165) is 28.9 Å². The largest absolute Gasteiger partial charge is 0.573 e. The lowest BCUT2D eigenvalue weighted by Crippen LogP contribution is -2.42. The Labute approximate surface area is 160 Å². The minimum atomic E-state index is -4.84. The van der Waals surface area contributed by atoms with Crippen LogP contribution in [0.4, 0.5) is 13.2 Å². The van der Waals surface area contributed by atoms with Crippen LogP contribution in [0, 0.1) is 0 Å². The number of benzene rings is 2. The molecule has 0 atom stereocenters. The van der Waals surface area contributed by atoms with Crippen molar-refractivity contribution < 1.29 is 27.5 Å². The van der Waals surface area contributed by atoms with Crippen LogP contribution in [-0.4, -0.2) is 28.0 Å². The summed E-state index contributed by atoms with van der Waals surface area (Å²) in [5.74, 6) is -2.04. The minimum Gasteiger partial charge on any atom is -0.406 e. The van der Waals surface area contributed by atoms with Gasteiger partial charge in [0.2, 0.25) is 0 Å². The Balaban J connectivity index is 1.73. The first-order chi connectivity index (χ1) is 13.7. The Kier molecular flexibility index (Phi) is 5.22. The number of hydrogen-bond acceptors (Lipinski definition) is 5. The molecule has 11 heteroatoms. The maximum absolute atomic E-state index is 12.4. The summed E-state index contributed by atoms with van der Waals surface area (Å²) in [7, 11) is 1.38. The summed E-state index contributed by atoms with van der Waals surface area (Å²) in [6.07, 6.45) is -4.84. The molecule has 0 spiro atoms. The number of aromatic nitrogens is 2. The van der Waals surface area contributed by atoms with Crippen molar-refractivity contribution in [2.24, 2.45) is 7.05 Å². The Morgan fingerprint density at radius 1 is 0.966 bits per heavy atom. The first kappa shape index (κ1) is 19.9. The van der Waals surface area contributed by atoms with Crippen LogP contribution < -0.4 is 21.1 Å². The van der Waals surface area contributed by atoms with E-state index in [4.69, 9.17) is 0 Å². The van der Waals surface area contributed by atoms with Crippen molar-refractivity contribution in [1.82, 2.24) is 20.6 Å². The van der Waals surface area contributed by atoms with E-state index in [0.29, 0.717) is 5.39 Å². The van der Waals surface area contributed by atoms with Gasteiger partial charge in [0.15, 0.2) is 5.69 Å². The Hall–Kier alpha value is -3.89. The summed E-state index contributed by atoms with van der Waals surface area (Å²) in [6.45, 7) is 0. The molecular formula is C18H13F3N4O4. The zero-order valence-electron chi connectivity index (χ0n) is 14.8. The molecule has 0 aliphatic carbocycles. The number of halogens is 3. The first-order valence-corrected chi connectivity index (χ1v) is 8.08. The van der Waals surface area contributed by atoms with Crippen LogP contribution in [0.3, 0.4) is 0 Å². The molecule has 1 heterocycles. The molecule has 8 nitrogen and oxygen atoms in total. The van der Waals surface area contributed by atoms with E-state index in [1.807, 2.05) is 0 Å². The van der Waals surface area contributed by atoms with Gasteiger partial charge in [0.25, 0.3) is 17.4 Å². The van der Waals surface area contributed by atoms with Crippen LogP contribution >= 0.6 is 0 Å². The maximum Gasteiger partial charge on any atom is 0.573 e. The number of carbonyl (C=O) groups excluding carboxylic acids is 2. The zero-order valence-corrected chi connectivity index (χ0v) is 14.8. The fraction of sp³-hybridized carbons (Fsp3) is 0.111. The highest BCUT2D eigenvalue weighted by molar-refractivity contribution is 6.06. The van der Waals surface area contributed by atoms with Gasteiger partial charge < -0.3 is 4.74 Å². The summed E-state index contributed by atoms with van der Waals surface area (Å²) in [4.78, 5) is 36.6. The number of aryl methyl sites for hydroxylation is 1. The summed E-state index contributed by atoms with van der Waals surface area (Å²) in [6, 6.07) is 10.5. The molecule has 0 bridgehead atoms. The number of nitrogens with one attached hydrogen (secondary N) is 2. The fourth-order valence-corrected chi connectivity index (χ4v) is 2.52. The zero-order chi connectivity index (χ0) is 21.2. The van der Waals surface area contributed by atoms with Gasteiger partial charge in [-0.15, -0.1) is 13.2 Å². The molecule has 3 aromatic rings. The predicted molar refractivity (Wildman–Crippen MR) is 95.0 cm³/mol. The van der Waals surface area contributed by atoms with Gasteiger partial charge in [0.1, 0.15) is 5.75 Å². The fourth-order valence-electron chi connectivity index (χ4n) is 2.52. The number of alkyl halides is 3. The smallest absolute Gasteiger partial charge is 0.406 e. The highest BCUT2D eigenvalue weighted by Gasteiger charge is 2.31. The van der Waals surface area contributed by atoms with E-state index in [9.17, 15) is 27.6 Å². The average Bonchev–Trinajstić information content (AvgIpc) is 2.68. The second-order valence-electron chi connectivity index (χ2n) is 5.80. The summed E-state index contributed by atoms with van der Waals surface area (Å²) >= 11 is 0. The molecule has 2 N–H and O–H groups in total. The number of carbonyl (C=O) groups is 2. The third kappa shape index (κ3) is 4.51. The molecule has 0 radical (unpaired) electrons. The van der Waals surface area contributed by atoms with Crippen LogP contribution in [-0.2, 0) is 7.05 Å². The molecule has 3 rings (SSSR count). The van der Waals surface area contributed by atoms with Gasteiger partial charge in [-0.1, -0.05) is 18.2 Å². The van der Waals surface area contributed by atoms with Crippen molar-refractivity contribution in [3.63, 3.8) is 0 Å². The van der Waals surface area contributed by atoms with Crippen LogP contribution in [0.15, 0.2) is 53.3 Å². The SMILES string of the molecule is Cn1nc(C(=O)NNC(=O)c2ccc(OC(F)(F)F)cc2)c2ccccc2c1=O. The van der Waals surface area contributed by atoms with Crippen molar-refractivity contribution in [3.05, 3.63) is 70.1 Å². The van der Waals surface area contributed by atoms with Crippen LogP contribution in [0.2, 0.25) is 0 Å². The van der Waals surface area contributed by atoms with Gasteiger partial charge >= 0.3 is 6.36 Å². The molecular weight excluding hydrogens is 393 g/mol. The summed E-state index contributed by atoms with van der Waals surface area (Å²) in [5.41, 5.74) is 3.81. The Morgan fingerprint density at radius 2 is 1.55 bits per heavy atom. The van der Waals surface area contributed by atoms with Gasteiger partial charge in [-0.3, -0.25) is 25.2 Å². The average molecular weight is 406 g/mol. The second kappa shape index (κ2) is 7.62. The molecule has 0 saturated carbocycles. The quantitative estimate of drug-likeness (QED) is 0.647. The highest BCUT2D eigenvalue weighted by atomic mass is 19.4. The minimum absolute atomic E-state index is 0.0156. The van der Waals surface area contributed by atoms with Gasteiger partial charge in [-0.05, 0) is 30.3 Å². The number of amides is 2. The van der Waals surface area contributed by atoms with E-state index in [-0.39, 0.29) is 22.2 Å². The van der Waals surface area contributed by atoms with Crippen molar-refractivity contribution in [2.45, 2.75) is 6.36 Å². The van der Waals surface area contributed by atoms with E-state index >= 15 is 0 Å². The normalized spacial score (nSPS) is 11.2. The van der Waals surface area contributed by atoms with E-state index < -0.39 is 23.9 Å². The van der Waals surface area contributed by atoms with E-state index in [1.165, 1.54) is 7.05 Å². The lowest BCUT2D eigenvalue weighted by Gasteiger charge is -2.11. The number of hydrazine groups is 1. The summed E-state index contributed by atoms with van der Waals surface area (Å²) in [5, 5.41) is 4.50. The maximum atomic E-state index is 12.4. The number of rotatable bonds is 3. The summed E-state index contributed by atoms with van der Waals surface area (Å²) < 4.78 is 41.2. The monoisotopic (exact) mass is 406 g/mol. The molecule has 2 amide bonds. The molecule has 150 valence electrons. The lowest BCUT2D eigenvalue weighted by molar-refractivity contribution is -0.274. The molecule has 1 aromatic heterocycles. The number of ether oxygens (including phenoxy) is 1. The number of nitrogens with zero attached hydrogens (tertiary/aromatic N) is 2. The van der Waals surface area contributed by atoms with Gasteiger partial charge in [0, 0.05) is 18.0 Å². The van der Waals surface area contributed by atoms with Gasteiger partial charge in [-0.25, -0.2) is 4.68 Å². The van der Waals surface area contributed by atoms with Crippen molar-refractivity contribution in [2.75, 3.05) is 0 Å². The van der Waals surface area contributed by atoms with Crippen LogP contribution in [0.5, 0.6) is 5.75 Å². The standard InChI is InChI=1S/C18H13F3N4O4/c1-25-17(28)13-5-3-2-4-12(13)14(24-25)16(27)23-22-15(26)10-6-8-11(9-7-10)29-18(19,20)21/h2-9H,1H3,(H,22,26)(H,23,27). The van der Waals surface area contributed by atoms with Crippen LogP contribution in [0.25, 0.3) is 10.8 Å². The molecule has 0 unspecified atom stereocenters. The predicted octanol–water partition coefficient (Wildman–Crippen LogP) is 1.91. The molecule has 0 aliphatic heterocycles. The third-order valence-corrected chi connectivity index (χ3v) is 3.81. The van der Waals surface area contributed by atoms with E-state index in [2.05, 4.69) is 20.7 Å². The third-order valence-electron chi connectivity index (χ3n) is 3.81. The van der Waals surface area contributed by atoms with Gasteiger partial charge in [-0.2, -0.15) is 5.10 Å². The number of hydrogen-bond donors (Lipinski definition) is 2. The molecule has 0 aliphatic rings. The van der Waals surface area contributed by atoms with Crippen LogP contribution in [0.1, 0.15) is 20.8 Å². The van der Waals surface area contributed by atoms with Crippen molar-refractivity contribution in [1.29, 1.82) is 0 Å². The molecule has 0 fully saturated rings. The first-order valence-electron chi connectivity index (χ1n) is 8.08. The molecule has 2 aromatic carbocycles. The Morgan fingerprint density at radius 3 is 2.17 bits per heavy atom. The number of fused-ring (bicyclic) bond motifs is 1. The topological polar surface area (TPSA) is 102 Å². The Bertz CT molecular complexity index is 1140.